The lowest BCUT2D eigenvalue weighted by Gasteiger charge is -2.12. The molecule has 1 atom stereocenters. The van der Waals surface area contributed by atoms with Crippen LogP contribution < -0.4 is 10.5 Å². The van der Waals surface area contributed by atoms with Gasteiger partial charge in [0.25, 0.3) is 5.56 Å². The van der Waals surface area contributed by atoms with E-state index in [4.69, 9.17) is 11.6 Å². The van der Waals surface area contributed by atoms with Crippen LogP contribution in [0.2, 0.25) is 5.02 Å². The SMILES string of the molecule is C[NH+](Cc1nc2cc(-c3ccc(Cl)cc3)sc2c(=O)[nH]1)Cc1cccs1. The van der Waals surface area contributed by atoms with Gasteiger partial charge in [0.2, 0.25) is 0 Å². The number of H-pyrrole nitrogens is 1. The van der Waals surface area contributed by atoms with E-state index in [0.29, 0.717) is 16.3 Å². The van der Waals surface area contributed by atoms with Gasteiger partial charge >= 0.3 is 0 Å². The van der Waals surface area contributed by atoms with Gasteiger partial charge in [0.05, 0.1) is 17.4 Å². The summed E-state index contributed by atoms with van der Waals surface area (Å²) in [5, 5.41) is 2.78. The largest absolute Gasteiger partial charge is 0.327 e. The summed E-state index contributed by atoms with van der Waals surface area (Å²) in [6.07, 6.45) is 0. The van der Waals surface area contributed by atoms with E-state index < -0.39 is 0 Å². The molecule has 1 aromatic carbocycles. The number of nitrogens with zero attached hydrogens (tertiary/aromatic N) is 1. The van der Waals surface area contributed by atoms with Crippen LogP contribution in [0.15, 0.2) is 52.6 Å². The average molecular weight is 403 g/mol. The lowest BCUT2D eigenvalue weighted by Crippen LogP contribution is -3.06. The monoisotopic (exact) mass is 402 g/mol. The summed E-state index contributed by atoms with van der Waals surface area (Å²) in [6.45, 7) is 1.59. The van der Waals surface area contributed by atoms with Gasteiger partial charge in [-0.25, -0.2) is 4.98 Å². The Morgan fingerprint density at radius 1 is 1.19 bits per heavy atom. The van der Waals surface area contributed by atoms with E-state index in [0.717, 1.165) is 28.3 Å². The first-order chi connectivity index (χ1) is 12.6. The molecule has 26 heavy (non-hydrogen) atoms. The van der Waals surface area contributed by atoms with Crippen molar-refractivity contribution in [3.05, 3.63) is 73.9 Å². The van der Waals surface area contributed by atoms with Crippen molar-refractivity contribution in [3.63, 3.8) is 0 Å². The molecule has 0 aliphatic carbocycles. The van der Waals surface area contributed by atoms with Gasteiger partial charge < -0.3 is 9.88 Å². The number of quaternary nitrogens is 1. The fraction of sp³-hybridized carbons (Fsp3) is 0.158. The molecule has 0 saturated heterocycles. The highest BCUT2D eigenvalue weighted by molar-refractivity contribution is 7.22. The zero-order chi connectivity index (χ0) is 18.1. The first kappa shape index (κ1) is 17.4. The Morgan fingerprint density at radius 3 is 2.73 bits per heavy atom. The minimum Gasteiger partial charge on any atom is -0.327 e. The second-order valence-corrected chi connectivity index (χ2v) is 8.76. The van der Waals surface area contributed by atoms with Crippen molar-refractivity contribution in [3.8, 4) is 10.4 Å². The van der Waals surface area contributed by atoms with Gasteiger partial charge in [0.15, 0.2) is 5.82 Å². The molecule has 3 heterocycles. The Kier molecular flexibility index (Phi) is 4.91. The first-order valence-electron chi connectivity index (χ1n) is 8.21. The van der Waals surface area contributed by atoms with Gasteiger partial charge in [-0.1, -0.05) is 29.8 Å². The van der Waals surface area contributed by atoms with Crippen LogP contribution >= 0.6 is 34.3 Å². The Balaban J connectivity index is 1.61. The highest BCUT2D eigenvalue weighted by Gasteiger charge is 2.13. The van der Waals surface area contributed by atoms with Crippen molar-refractivity contribution < 1.29 is 4.90 Å². The number of hydrogen-bond donors (Lipinski definition) is 2. The Bertz CT molecular complexity index is 1080. The summed E-state index contributed by atoms with van der Waals surface area (Å²) in [5.41, 5.74) is 1.72. The van der Waals surface area contributed by atoms with Crippen LogP contribution in [0.3, 0.4) is 0 Å². The summed E-state index contributed by atoms with van der Waals surface area (Å²) in [5.74, 6) is 0.719. The summed E-state index contributed by atoms with van der Waals surface area (Å²) >= 11 is 9.17. The molecule has 4 rings (SSSR count). The van der Waals surface area contributed by atoms with Crippen molar-refractivity contribution in [1.82, 2.24) is 9.97 Å². The van der Waals surface area contributed by atoms with Crippen LogP contribution in [0.1, 0.15) is 10.7 Å². The third-order valence-electron chi connectivity index (χ3n) is 4.09. The number of fused-ring (bicyclic) bond motifs is 1. The molecule has 4 aromatic rings. The first-order valence-corrected chi connectivity index (χ1v) is 10.3. The van der Waals surface area contributed by atoms with Gasteiger partial charge in [-0.15, -0.1) is 22.7 Å². The Morgan fingerprint density at radius 2 is 2.00 bits per heavy atom. The minimum absolute atomic E-state index is 0.0702. The summed E-state index contributed by atoms with van der Waals surface area (Å²) in [7, 11) is 2.11. The molecule has 4 nitrogen and oxygen atoms in total. The van der Waals surface area contributed by atoms with Crippen molar-refractivity contribution in [2.75, 3.05) is 7.05 Å². The molecule has 7 heteroatoms. The zero-order valence-electron chi connectivity index (χ0n) is 14.1. The number of thiophene rings is 2. The fourth-order valence-corrected chi connectivity index (χ4v) is 4.83. The zero-order valence-corrected chi connectivity index (χ0v) is 16.5. The van der Waals surface area contributed by atoms with Gasteiger partial charge in [0.1, 0.15) is 17.8 Å². The number of benzene rings is 1. The molecule has 0 bridgehead atoms. The lowest BCUT2D eigenvalue weighted by atomic mass is 10.2. The fourth-order valence-electron chi connectivity index (χ4n) is 2.89. The average Bonchev–Trinajstić information content (AvgIpc) is 3.25. The lowest BCUT2D eigenvalue weighted by molar-refractivity contribution is -0.908. The normalized spacial score (nSPS) is 12.5. The third kappa shape index (κ3) is 3.73. The Labute approximate surface area is 163 Å². The molecule has 0 aliphatic heterocycles. The van der Waals surface area contributed by atoms with Crippen LogP contribution in [0, 0.1) is 0 Å². The number of hydrogen-bond acceptors (Lipinski definition) is 4. The van der Waals surface area contributed by atoms with E-state index >= 15 is 0 Å². The quantitative estimate of drug-likeness (QED) is 0.536. The van der Waals surface area contributed by atoms with Crippen LogP contribution in [0.5, 0.6) is 0 Å². The van der Waals surface area contributed by atoms with Gasteiger partial charge in [-0.2, -0.15) is 0 Å². The second-order valence-electron chi connectivity index (χ2n) is 6.23. The van der Waals surface area contributed by atoms with Crippen molar-refractivity contribution >= 4 is 44.5 Å². The van der Waals surface area contributed by atoms with Crippen molar-refractivity contribution in [1.29, 1.82) is 0 Å². The molecular weight excluding hydrogens is 386 g/mol. The maximum absolute atomic E-state index is 12.5. The maximum Gasteiger partial charge on any atom is 0.269 e. The summed E-state index contributed by atoms with van der Waals surface area (Å²) < 4.78 is 0.662. The van der Waals surface area contributed by atoms with Gasteiger partial charge in [0, 0.05) is 9.90 Å². The van der Waals surface area contributed by atoms with Crippen LogP contribution in [0.25, 0.3) is 20.7 Å². The molecule has 0 aliphatic rings. The van der Waals surface area contributed by atoms with E-state index in [1.807, 2.05) is 30.3 Å². The smallest absolute Gasteiger partial charge is 0.269 e. The van der Waals surface area contributed by atoms with Gasteiger partial charge in [-0.3, -0.25) is 4.79 Å². The third-order valence-corrected chi connectivity index (χ3v) is 6.39. The number of halogens is 1. The molecule has 0 saturated carbocycles. The molecule has 2 N–H and O–H groups in total. The standard InChI is InChI=1S/C19H16ClN3OS2/c1-23(10-14-3-2-8-25-14)11-17-21-15-9-16(26-18(15)19(24)22-17)12-4-6-13(20)7-5-12/h2-9H,10-11H2,1H3,(H,21,22,24)/p+1. The highest BCUT2D eigenvalue weighted by atomic mass is 35.5. The van der Waals surface area contributed by atoms with Crippen LogP contribution in [-0.2, 0) is 13.1 Å². The van der Waals surface area contributed by atoms with E-state index in [9.17, 15) is 4.79 Å². The number of aromatic amines is 1. The molecule has 132 valence electrons. The summed E-state index contributed by atoms with van der Waals surface area (Å²) in [6, 6.07) is 13.8. The number of nitrogens with one attached hydrogen (secondary N) is 2. The van der Waals surface area contributed by atoms with E-state index in [1.165, 1.54) is 21.1 Å². The predicted octanol–water partition coefficient (Wildman–Crippen LogP) is 3.58. The molecule has 0 amide bonds. The maximum atomic E-state index is 12.5. The minimum atomic E-state index is -0.0702. The van der Waals surface area contributed by atoms with E-state index in [-0.39, 0.29) is 5.56 Å². The molecule has 1 unspecified atom stereocenters. The molecular formula is C19H17ClN3OS2+. The Hall–Kier alpha value is -1.99. The molecule has 0 spiro atoms. The second kappa shape index (κ2) is 7.32. The summed E-state index contributed by atoms with van der Waals surface area (Å²) in [4.78, 5) is 23.7. The van der Waals surface area contributed by atoms with Crippen LogP contribution in [0.4, 0.5) is 0 Å². The van der Waals surface area contributed by atoms with E-state index in [2.05, 4.69) is 34.5 Å². The van der Waals surface area contributed by atoms with Gasteiger partial charge in [-0.05, 0) is 35.2 Å². The van der Waals surface area contributed by atoms with Crippen molar-refractivity contribution in [2.24, 2.45) is 0 Å². The van der Waals surface area contributed by atoms with Crippen molar-refractivity contribution in [2.45, 2.75) is 13.1 Å². The molecule has 3 aromatic heterocycles. The predicted molar refractivity (Wildman–Crippen MR) is 109 cm³/mol. The topological polar surface area (TPSA) is 50.2 Å². The van der Waals surface area contributed by atoms with E-state index in [1.54, 1.807) is 11.3 Å². The molecule has 0 fully saturated rings. The highest BCUT2D eigenvalue weighted by Crippen LogP contribution is 2.31. The molecule has 0 radical (unpaired) electrons. The number of aromatic nitrogens is 2. The number of rotatable bonds is 5. The van der Waals surface area contributed by atoms with Crippen LogP contribution in [-0.4, -0.2) is 17.0 Å².